The molecule has 1 fully saturated rings. The van der Waals surface area contributed by atoms with Gasteiger partial charge in [0.05, 0.1) is 16.7 Å². The van der Waals surface area contributed by atoms with Gasteiger partial charge in [0.15, 0.2) is 5.82 Å². The Hall–Kier alpha value is -3.48. The summed E-state index contributed by atoms with van der Waals surface area (Å²) in [6.45, 7) is 5.58. The number of unbranched alkanes of at least 4 members (excludes halogenated alkanes) is 2. The molecule has 1 aliphatic rings. The van der Waals surface area contributed by atoms with Crippen molar-refractivity contribution in [2.75, 3.05) is 37.6 Å². The molecular weight excluding hydrogens is 414 g/mol. The van der Waals surface area contributed by atoms with Crippen molar-refractivity contribution in [3.8, 4) is 0 Å². The second-order valence-corrected chi connectivity index (χ2v) is 8.42. The van der Waals surface area contributed by atoms with E-state index < -0.39 is 0 Å². The molecule has 0 atom stereocenters. The van der Waals surface area contributed by atoms with Crippen LogP contribution in [0.5, 0.6) is 0 Å². The summed E-state index contributed by atoms with van der Waals surface area (Å²) in [7, 11) is 0. The van der Waals surface area contributed by atoms with Crippen LogP contribution in [0.3, 0.4) is 0 Å². The van der Waals surface area contributed by atoms with Crippen LogP contribution in [0.4, 0.5) is 5.82 Å². The van der Waals surface area contributed by atoms with Crippen LogP contribution in [0.25, 0.3) is 11.0 Å². The molecule has 4 rings (SSSR count). The molecule has 0 radical (unpaired) electrons. The molecule has 7 heteroatoms. The number of aromatic nitrogens is 2. The third kappa shape index (κ3) is 5.86. The van der Waals surface area contributed by atoms with Crippen molar-refractivity contribution in [3.05, 3.63) is 65.9 Å². The molecule has 0 aliphatic carbocycles. The van der Waals surface area contributed by atoms with Gasteiger partial charge in [0.2, 0.25) is 5.91 Å². The molecule has 7 nitrogen and oxygen atoms in total. The third-order valence-corrected chi connectivity index (χ3v) is 6.04. The zero-order chi connectivity index (χ0) is 23.0. The molecule has 0 unspecified atom stereocenters. The summed E-state index contributed by atoms with van der Waals surface area (Å²) in [5.41, 5.74) is 3.41. The van der Waals surface area contributed by atoms with Crippen molar-refractivity contribution < 1.29 is 9.59 Å². The van der Waals surface area contributed by atoms with E-state index >= 15 is 0 Å². The summed E-state index contributed by atoms with van der Waals surface area (Å²) in [5, 5.41) is 2.94. The summed E-state index contributed by atoms with van der Waals surface area (Å²) in [5.74, 6) is 1.08. The Labute approximate surface area is 194 Å². The highest BCUT2D eigenvalue weighted by Crippen LogP contribution is 2.21. The first kappa shape index (κ1) is 22.7. The Kier molecular flexibility index (Phi) is 7.50. The Bertz CT molecular complexity index is 1090. The molecule has 1 saturated heterocycles. The molecule has 0 spiro atoms. The summed E-state index contributed by atoms with van der Waals surface area (Å²) >= 11 is 0. The molecule has 0 saturated carbocycles. The van der Waals surface area contributed by atoms with Crippen molar-refractivity contribution in [3.63, 3.8) is 0 Å². The lowest BCUT2D eigenvalue weighted by Gasteiger charge is -2.36. The zero-order valence-electron chi connectivity index (χ0n) is 19.2. The Morgan fingerprint density at radius 2 is 1.52 bits per heavy atom. The van der Waals surface area contributed by atoms with Gasteiger partial charge in [0.1, 0.15) is 0 Å². The third-order valence-electron chi connectivity index (χ3n) is 6.04. The molecule has 1 N–H and O–H groups in total. The number of piperazine rings is 1. The largest absolute Gasteiger partial charge is 0.352 e. The number of fused-ring (bicyclic) bond motifs is 1. The van der Waals surface area contributed by atoms with Crippen molar-refractivity contribution >= 4 is 28.7 Å². The number of hydrogen-bond acceptors (Lipinski definition) is 5. The van der Waals surface area contributed by atoms with Crippen LogP contribution >= 0.6 is 0 Å². The Balaban J connectivity index is 1.16. The van der Waals surface area contributed by atoms with Crippen LogP contribution in [-0.2, 0) is 4.79 Å². The monoisotopic (exact) mass is 445 g/mol. The minimum Gasteiger partial charge on any atom is -0.352 e. The van der Waals surface area contributed by atoms with Gasteiger partial charge in [-0.1, -0.05) is 36.8 Å². The van der Waals surface area contributed by atoms with Crippen LogP contribution < -0.4 is 10.2 Å². The maximum atomic E-state index is 12.6. The van der Waals surface area contributed by atoms with E-state index in [1.54, 1.807) is 0 Å². The molecule has 2 heterocycles. The van der Waals surface area contributed by atoms with Crippen LogP contribution in [0.15, 0.2) is 54.6 Å². The minimum atomic E-state index is -0.0455. The van der Waals surface area contributed by atoms with Gasteiger partial charge >= 0.3 is 0 Å². The van der Waals surface area contributed by atoms with Crippen LogP contribution in [0.2, 0.25) is 0 Å². The van der Waals surface area contributed by atoms with E-state index in [0.717, 1.165) is 54.9 Å². The zero-order valence-corrected chi connectivity index (χ0v) is 19.2. The number of benzene rings is 2. The second kappa shape index (κ2) is 10.9. The Morgan fingerprint density at radius 3 is 2.24 bits per heavy atom. The van der Waals surface area contributed by atoms with Gasteiger partial charge in [0.25, 0.3) is 5.91 Å². The fourth-order valence-electron chi connectivity index (χ4n) is 4.18. The van der Waals surface area contributed by atoms with E-state index in [4.69, 9.17) is 4.98 Å². The van der Waals surface area contributed by atoms with Crippen molar-refractivity contribution in [1.82, 2.24) is 20.2 Å². The number of anilines is 1. The van der Waals surface area contributed by atoms with Crippen LogP contribution in [0.1, 0.15) is 41.7 Å². The fraction of sp³-hybridized carbons (Fsp3) is 0.385. The van der Waals surface area contributed by atoms with Crippen molar-refractivity contribution in [2.24, 2.45) is 0 Å². The molecule has 2 amide bonds. The summed E-state index contributed by atoms with van der Waals surface area (Å²) < 4.78 is 0. The number of rotatable bonds is 8. The van der Waals surface area contributed by atoms with Crippen LogP contribution in [0, 0.1) is 6.92 Å². The molecule has 33 heavy (non-hydrogen) atoms. The lowest BCUT2D eigenvalue weighted by Crippen LogP contribution is -2.49. The van der Waals surface area contributed by atoms with Crippen molar-refractivity contribution in [2.45, 2.75) is 32.6 Å². The number of aryl methyl sites for hydroxylation is 1. The topological polar surface area (TPSA) is 78.4 Å². The highest BCUT2D eigenvalue weighted by molar-refractivity contribution is 5.94. The maximum absolute atomic E-state index is 12.6. The number of carbonyl (C=O) groups excluding carboxylic acids is 2. The van der Waals surface area contributed by atoms with Crippen LogP contribution in [-0.4, -0.2) is 59.4 Å². The number of carbonyl (C=O) groups is 2. The second-order valence-electron chi connectivity index (χ2n) is 8.42. The predicted molar refractivity (Wildman–Crippen MR) is 130 cm³/mol. The van der Waals surface area contributed by atoms with E-state index in [-0.39, 0.29) is 11.8 Å². The van der Waals surface area contributed by atoms with Crippen molar-refractivity contribution in [1.29, 1.82) is 0 Å². The van der Waals surface area contributed by atoms with Gasteiger partial charge < -0.3 is 15.1 Å². The van der Waals surface area contributed by atoms with E-state index in [1.807, 2.05) is 66.4 Å². The van der Waals surface area contributed by atoms with E-state index in [2.05, 4.69) is 15.2 Å². The SMILES string of the molecule is Cc1nc2ccccc2nc1N1CCN(C(=O)CCCCCNC(=O)c2ccccc2)CC1. The number of amides is 2. The Morgan fingerprint density at radius 1 is 0.848 bits per heavy atom. The van der Waals surface area contributed by atoms with Gasteiger partial charge in [-0.15, -0.1) is 0 Å². The molecule has 0 bridgehead atoms. The van der Waals surface area contributed by atoms with Gasteiger partial charge in [-0.3, -0.25) is 9.59 Å². The summed E-state index contributed by atoms with van der Waals surface area (Å²) in [6.07, 6.45) is 3.20. The first-order valence-corrected chi connectivity index (χ1v) is 11.7. The quantitative estimate of drug-likeness (QED) is 0.536. The number of nitrogens with zero attached hydrogens (tertiary/aromatic N) is 4. The average Bonchev–Trinajstić information content (AvgIpc) is 2.86. The molecule has 2 aromatic carbocycles. The number of para-hydroxylation sites is 2. The number of hydrogen-bond donors (Lipinski definition) is 1. The normalized spacial score (nSPS) is 13.8. The molecular formula is C26H31N5O2. The maximum Gasteiger partial charge on any atom is 0.251 e. The first-order valence-electron chi connectivity index (χ1n) is 11.7. The fourth-order valence-corrected chi connectivity index (χ4v) is 4.18. The number of nitrogens with one attached hydrogen (secondary N) is 1. The molecule has 172 valence electrons. The van der Waals surface area contributed by atoms with Gasteiger partial charge in [-0.25, -0.2) is 9.97 Å². The highest BCUT2D eigenvalue weighted by atomic mass is 16.2. The van der Waals surface area contributed by atoms with Gasteiger partial charge in [-0.05, 0) is 44.0 Å². The smallest absolute Gasteiger partial charge is 0.251 e. The first-order chi connectivity index (χ1) is 16.1. The summed E-state index contributed by atoms with van der Waals surface area (Å²) in [6, 6.07) is 17.1. The molecule has 3 aromatic rings. The van der Waals surface area contributed by atoms with E-state index in [0.29, 0.717) is 31.6 Å². The predicted octanol–water partition coefficient (Wildman–Crippen LogP) is 3.58. The van der Waals surface area contributed by atoms with E-state index in [1.165, 1.54) is 0 Å². The van der Waals surface area contributed by atoms with E-state index in [9.17, 15) is 9.59 Å². The lowest BCUT2D eigenvalue weighted by molar-refractivity contribution is -0.131. The summed E-state index contributed by atoms with van der Waals surface area (Å²) in [4.78, 5) is 38.3. The standard InChI is InChI=1S/C26H31N5O2/c1-20-25(29-23-13-8-7-12-22(23)28-20)31-18-16-30(17-19-31)24(32)14-6-3-9-15-27-26(33)21-10-4-2-5-11-21/h2,4-5,7-8,10-13H,3,6,9,14-19H2,1H3,(H,27,33). The minimum absolute atomic E-state index is 0.0455. The lowest BCUT2D eigenvalue weighted by atomic mass is 10.1. The average molecular weight is 446 g/mol. The highest BCUT2D eigenvalue weighted by Gasteiger charge is 2.23. The van der Waals surface area contributed by atoms with Gasteiger partial charge in [-0.2, -0.15) is 0 Å². The molecule has 1 aromatic heterocycles. The molecule has 1 aliphatic heterocycles. The van der Waals surface area contributed by atoms with Gasteiger partial charge in [0, 0.05) is 44.7 Å².